The molecule has 6 heteroatoms. The molecule has 2 aromatic heterocycles. The second-order valence-corrected chi connectivity index (χ2v) is 11.6. The van der Waals surface area contributed by atoms with Gasteiger partial charge in [-0.2, -0.15) is 0 Å². The largest absolute Gasteiger partial charge is 0.349 e. The zero-order valence-corrected chi connectivity index (χ0v) is 21.2. The molecule has 1 N–H and O–H groups in total. The Balaban J connectivity index is 1.08. The van der Waals surface area contributed by atoms with Crippen LogP contribution in [0.5, 0.6) is 0 Å². The van der Waals surface area contributed by atoms with E-state index in [1.807, 2.05) is 41.7 Å². The van der Waals surface area contributed by atoms with Crippen LogP contribution in [0.1, 0.15) is 71.9 Å². The van der Waals surface area contributed by atoms with Crippen molar-refractivity contribution in [2.45, 2.75) is 71.4 Å². The van der Waals surface area contributed by atoms with Gasteiger partial charge in [0.25, 0.3) is 5.91 Å². The van der Waals surface area contributed by atoms with E-state index in [0.29, 0.717) is 5.92 Å². The second-order valence-electron chi connectivity index (χ2n) is 10.5. The Kier molecular flexibility index (Phi) is 7.26. The normalized spacial score (nSPS) is 21.0. The molecule has 5 rings (SSSR count). The van der Waals surface area contributed by atoms with Gasteiger partial charge in [0, 0.05) is 54.0 Å². The summed E-state index contributed by atoms with van der Waals surface area (Å²) >= 11 is 1.94. The summed E-state index contributed by atoms with van der Waals surface area (Å²) in [7, 11) is 0. The highest BCUT2D eigenvalue weighted by Gasteiger charge is 2.25. The molecule has 0 saturated heterocycles. The van der Waals surface area contributed by atoms with Crippen molar-refractivity contribution < 1.29 is 4.79 Å². The fourth-order valence-electron chi connectivity index (χ4n) is 5.45. The van der Waals surface area contributed by atoms with Crippen LogP contribution >= 0.6 is 11.3 Å². The summed E-state index contributed by atoms with van der Waals surface area (Å²) in [5.41, 5.74) is 2.96. The summed E-state index contributed by atoms with van der Waals surface area (Å²) in [6, 6.07) is 9.94. The molecule has 3 aromatic rings. The van der Waals surface area contributed by atoms with Crippen LogP contribution in [0, 0.1) is 11.8 Å². The SMILES string of the molecule is CC(C)Cc1nc2c(s1)CN(CCC1CCC(NC(=O)c3cccc4ncccc34)CC1)CC2. The molecule has 34 heavy (non-hydrogen) atoms. The van der Waals surface area contributed by atoms with Gasteiger partial charge in [-0.3, -0.25) is 14.7 Å². The zero-order valence-electron chi connectivity index (χ0n) is 20.4. The maximum atomic E-state index is 13.0. The quantitative estimate of drug-likeness (QED) is 0.480. The predicted molar refractivity (Wildman–Crippen MR) is 139 cm³/mol. The number of rotatable bonds is 7. The summed E-state index contributed by atoms with van der Waals surface area (Å²) in [6.07, 6.45) is 9.83. The van der Waals surface area contributed by atoms with Crippen molar-refractivity contribution in [1.29, 1.82) is 0 Å². The smallest absolute Gasteiger partial charge is 0.252 e. The van der Waals surface area contributed by atoms with E-state index in [1.54, 1.807) is 6.20 Å². The van der Waals surface area contributed by atoms with Gasteiger partial charge in [-0.1, -0.05) is 26.0 Å². The van der Waals surface area contributed by atoms with Crippen LogP contribution in [-0.4, -0.2) is 39.9 Å². The Labute approximate surface area is 207 Å². The number of aromatic nitrogens is 2. The van der Waals surface area contributed by atoms with Crippen LogP contribution in [0.3, 0.4) is 0 Å². The Morgan fingerprint density at radius 3 is 2.85 bits per heavy atom. The molecule has 0 bridgehead atoms. The number of nitrogens with one attached hydrogen (secondary N) is 1. The lowest BCUT2D eigenvalue weighted by atomic mass is 9.84. The molecule has 1 amide bonds. The molecular weight excluding hydrogens is 440 g/mol. The highest BCUT2D eigenvalue weighted by atomic mass is 32.1. The summed E-state index contributed by atoms with van der Waals surface area (Å²) in [5.74, 6) is 1.48. The van der Waals surface area contributed by atoms with E-state index >= 15 is 0 Å². The molecule has 5 nitrogen and oxygen atoms in total. The van der Waals surface area contributed by atoms with Gasteiger partial charge < -0.3 is 5.32 Å². The first kappa shape index (κ1) is 23.4. The first-order chi connectivity index (χ1) is 16.5. The Bertz CT molecular complexity index is 1130. The van der Waals surface area contributed by atoms with Crippen LogP contribution in [-0.2, 0) is 19.4 Å². The van der Waals surface area contributed by atoms with Crippen LogP contribution in [0.15, 0.2) is 36.5 Å². The van der Waals surface area contributed by atoms with Crippen molar-refractivity contribution in [2.24, 2.45) is 11.8 Å². The molecule has 1 aliphatic carbocycles. The number of pyridine rings is 1. The fraction of sp³-hybridized carbons (Fsp3) is 0.536. The van der Waals surface area contributed by atoms with E-state index in [-0.39, 0.29) is 11.9 Å². The molecule has 0 spiro atoms. The van der Waals surface area contributed by atoms with E-state index in [2.05, 4.69) is 29.0 Å². The molecule has 1 saturated carbocycles. The Morgan fingerprint density at radius 2 is 2.03 bits per heavy atom. The van der Waals surface area contributed by atoms with Crippen molar-refractivity contribution in [1.82, 2.24) is 20.2 Å². The average molecular weight is 477 g/mol. The number of benzene rings is 1. The molecule has 0 atom stereocenters. The number of amides is 1. The van der Waals surface area contributed by atoms with E-state index in [9.17, 15) is 4.79 Å². The van der Waals surface area contributed by atoms with E-state index in [4.69, 9.17) is 4.98 Å². The molecule has 0 unspecified atom stereocenters. The van der Waals surface area contributed by atoms with Gasteiger partial charge in [-0.05, 0) is 68.7 Å². The molecule has 3 heterocycles. The lowest BCUT2D eigenvalue weighted by Gasteiger charge is -2.32. The van der Waals surface area contributed by atoms with Gasteiger partial charge in [0.05, 0.1) is 16.2 Å². The first-order valence-electron chi connectivity index (χ1n) is 12.9. The highest BCUT2D eigenvalue weighted by Crippen LogP contribution is 2.30. The first-order valence-corrected chi connectivity index (χ1v) is 13.7. The molecule has 180 valence electrons. The minimum absolute atomic E-state index is 0.0348. The number of hydrogen-bond acceptors (Lipinski definition) is 5. The molecule has 0 radical (unpaired) electrons. The topological polar surface area (TPSA) is 58.1 Å². The molecule has 1 aromatic carbocycles. The van der Waals surface area contributed by atoms with Crippen LogP contribution < -0.4 is 5.32 Å². The van der Waals surface area contributed by atoms with Gasteiger partial charge in [0.2, 0.25) is 0 Å². The molecule has 1 fully saturated rings. The summed E-state index contributed by atoms with van der Waals surface area (Å²) < 4.78 is 0. The third-order valence-electron chi connectivity index (χ3n) is 7.36. The number of carbonyl (C=O) groups is 1. The van der Waals surface area contributed by atoms with Gasteiger partial charge in [-0.25, -0.2) is 4.98 Å². The van der Waals surface area contributed by atoms with Gasteiger partial charge in [0.15, 0.2) is 0 Å². The minimum Gasteiger partial charge on any atom is -0.349 e. The van der Waals surface area contributed by atoms with Crippen molar-refractivity contribution in [3.8, 4) is 0 Å². The summed E-state index contributed by atoms with van der Waals surface area (Å²) in [4.78, 5) is 26.4. The summed E-state index contributed by atoms with van der Waals surface area (Å²) in [5, 5.41) is 5.55. The Morgan fingerprint density at radius 1 is 1.18 bits per heavy atom. The number of fused-ring (bicyclic) bond motifs is 2. The fourth-order valence-corrected chi connectivity index (χ4v) is 6.82. The van der Waals surface area contributed by atoms with Crippen LogP contribution in [0.2, 0.25) is 0 Å². The predicted octanol–water partition coefficient (Wildman–Crippen LogP) is 5.63. The number of hydrogen-bond donors (Lipinski definition) is 1. The van der Waals surface area contributed by atoms with Crippen LogP contribution in [0.25, 0.3) is 10.9 Å². The molecule has 2 aliphatic rings. The monoisotopic (exact) mass is 476 g/mol. The van der Waals surface area contributed by atoms with Gasteiger partial charge in [-0.15, -0.1) is 11.3 Å². The molecular formula is C28H36N4OS. The highest BCUT2D eigenvalue weighted by molar-refractivity contribution is 7.11. The van der Waals surface area contributed by atoms with E-state index < -0.39 is 0 Å². The zero-order chi connectivity index (χ0) is 23.5. The van der Waals surface area contributed by atoms with Crippen molar-refractivity contribution in [3.63, 3.8) is 0 Å². The van der Waals surface area contributed by atoms with Crippen molar-refractivity contribution >= 4 is 28.1 Å². The maximum Gasteiger partial charge on any atom is 0.252 e. The third-order valence-corrected chi connectivity index (χ3v) is 8.47. The number of carbonyl (C=O) groups excluding carboxylic acids is 1. The van der Waals surface area contributed by atoms with Gasteiger partial charge >= 0.3 is 0 Å². The van der Waals surface area contributed by atoms with Gasteiger partial charge in [0.1, 0.15) is 0 Å². The lowest BCUT2D eigenvalue weighted by Crippen LogP contribution is -2.38. The third kappa shape index (κ3) is 5.49. The summed E-state index contributed by atoms with van der Waals surface area (Å²) in [6.45, 7) is 7.95. The average Bonchev–Trinajstić information content (AvgIpc) is 3.24. The van der Waals surface area contributed by atoms with E-state index in [0.717, 1.165) is 61.2 Å². The maximum absolute atomic E-state index is 13.0. The number of nitrogens with zero attached hydrogens (tertiary/aromatic N) is 3. The van der Waals surface area contributed by atoms with Crippen molar-refractivity contribution in [2.75, 3.05) is 13.1 Å². The standard InChI is InChI=1S/C28H36N4OS/c1-19(2)17-27-31-25-13-16-32(18-26(25)34-27)15-12-20-8-10-21(11-9-20)30-28(33)23-5-3-7-24-22(23)6-4-14-29-24/h3-7,14,19-21H,8-13,15-18H2,1-2H3,(H,30,33). The molecule has 1 aliphatic heterocycles. The second kappa shape index (κ2) is 10.5. The number of thiazole rings is 1. The van der Waals surface area contributed by atoms with Crippen LogP contribution in [0.4, 0.5) is 0 Å². The minimum atomic E-state index is 0.0348. The van der Waals surface area contributed by atoms with Crippen molar-refractivity contribution in [3.05, 3.63) is 57.7 Å². The lowest BCUT2D eigenvalue weighted by molar-refractivity contribution is 0.0921. The Hall–Kier alpha value is -2.31. The van der Waals surface area contributed by atoms with E-state index in [1.165, 1.54) is 41.4 Å².